The van der Waals surface area contributed by atoms with Gasteiger partial charge in [-0.05, 0) is 62.4 Å². The average molecular weight is 430 g/mol. The Morgan fingerprint density at radius 1 is 1.27 bits per heavy atom. The molecular weight excluding hydrogens is 399 g/mol. The van der Waals surface area contributed by atoms with Crippen LogP contribution in [0.5, 0.6) is 17.2 Å². The van der Waals surface area contributed by atoms with Crippen molar-refractivity contribution in [3.63, 3.8) is 0 Å². The normalized spacial score (nSPS) is 22.4. The number of aromatic nitrogens is 1. The number of nitrogens with zero attached hydrogens (tertiary/aromatic N) is 2. The number of aryl methyl sites for hydroxylation is 2. The first-order valence-corrected chi connectivity index (χ1v) is 12.4. The molecule has 162 valence electrons. The number of aliphatic imine (C=N–C) groups is 1. The second-order valence-corrected chi connectivity index (χ2v) is 11.6. The van der Waals surface area contributed by atoms with Crippen LogP contribution in [-0.4, -0.2) is 48.5 Å². The molecule has 1 aromatic carbocycles. The van der Waals surface area contributed by atoms with E-state index in [1.54, 1.807) is 12.1 Å². The van der Waals surface area contributed by atoms with Crippen molar-refractivity contribution in [2.75, 3.05) is 26.5 Å². The van der Waals surface area contributed by atoms with Gasteiger partial charge in [-0.2, -0.15) is 0 Å². The van der Waals surface area contributed by atoms with Crippen LogP contribution in [0.4, 0.5) is 5.69 Å². The zero-order valence-corrected chi connectivity index (χ0v) is 19.3. The van der Waals surface area contributed by atoms with Gasteiger partial charge < -0.3 is 19.1 Å². The summed E-state index contributed by atoms with van der Waals surface area (Å²) < 4.78 is 24.4. The number of methoxy groups -OCH3 is 2. The van der Waals surface area contributed by atoms with E-state index in [0.717, 1.165) is 41.4 Å². The van der Waals surface area contributed by atoms with Crippen LogP contribution in [0.2, 0.25) is 0 Å². The molecule has 0 saturated carbocycles. The summed E-state index contributed by atoms with van der Waals surface area (Å²) in [7, 11) is 0.574. The highest BCUT2D eigenvalue weighted by molar-refractivity contribution is 7.65. The number of aromatic hydroxyl groups is 1. The van der Waals surface area contributed by atoms with E-state index in [-0.39, 0.29) is 11.4 Å². The SMILES string of the molecule is COc1cc(CC(C=Nc2ccc(C)nc2C)P2(=O)CC[C@H](C)C2)cc(OC)c1O. The number of benzene rings is 1. The van der Waals surface area contributed by atoms with Gasteiger partial charge in [0.1, 0.15) is 0 Å². The largest absolute Gasteiger partial charge is 0.502 e. The van der Waals surface area contributed by atoms with E-state index in [1.165, 1.54) is 14.2 Å². The highest BCUT2D eigenvalue weighted by Gasteiger charge is 2.38. The Labute approximate surface area is 178 Å². The Morgan fingerprint density at radius 2 is 1.93 bits per heavy atom. The smallest absolute Gasteiger partial charge is 0.200 e. The van der Waals surface area contributed by atoms with E-state index in [4.69, 9.17) is 9.47 Å². The summed E-state index contributed by atoms with van der Waals surface area (Å²) in [6, 6.07) is 7.45. The number of hydrogen-bond acceptors (Lipinski definition) is 6. The standard InChI is InChI=1S/C23H31N2O4P/c1-15-8-9-30(27,14-15)19(13-24-20-7-6-16(2)25-17(20)3)10-18-11-21(28-4)23(26)22(12-18)29-5/h6-7,11-13,15,19,26H,8-10,14H2,1-5H3/t15-,19?,30?/m0/s1. The van der Waals surface area contributed by atoms with Crippen molar-refractivity contribution in [3.05, 3.63) is 41.2 Å². The van der Waals surface area contributed by atoms with Crippen LogP contribution in [0.25, 0.3) is 0 Å². The minimum absolute atomic E-state index is 0.0311. The molecule has 3 atom stereocenters. The minimum atomic E-state index is -2.44. The fraction of sp³-hybridized carbons (Fsp3) is 0.478. The Bertz CT molecular complexity index is 964. The lowest BCUT2D eigenvalue weighted by molar-refractivity contribution is 0.339. The molecule has 1 saturated heterocycles. The fourth-order valence-corrected chi connectivity index (χ4v) is 7.83. The zero-order chi connectivity index (χ0) is 21.9. The molecule has 0 aliphatic carbocycles. The van der Waals surface area contributed by atoms with E-state index in [0.29, 0.717) is 23.8 Å². The van der Waals surface area contributed by atoms with Crippen LogP contribution < -0.4 is 9.47 Å². The van der Waals surface area contributed by atoms with Crippen LogP contribution in [0.1, 0.15) is 30.3 Å². The van der Waals surface area contributed by atoms with E-state index < -0.39 is 7.14 Å². The number of pyridine rings is 1. The quantitative estimate of drug-likeness (QED) is 0.486. The van der Waals surface area contributed by atoms with Crippen molar-refractivity contribution < 1.29 is 19.1 Å². The molecule has 6 nitrogen and oxygen atoms in total. The third kappa shape index (κ3) is 4.86. The van der Waals surface area contributed by atoms with Gasteiger partial charge in [0, 0.05) is 24.2 Å². The molecule has 1 aliphatic rings. The third-order valence-corrected chi connectivity index (χ3v) is 9.57. The van der Waals surface area contributed by atoms with Gasteiger partial charge in [-0.1, -0.05) is 6.92 Å². The van der Waals surface area contributed by atoms with Gasteiger partial charge in [-0.15, -0.1) is 0 Å². The maximum atomic E-state index is 13.8. The highest BCUT2D eigenvalue weighted by atomic mass is 31.2. The predicted octanol–water partition coefficient (Wildman–Crippen LogP) is 5.14. The second kappa shape index (κ2) is 9.22. The molecule has 2 heterocycles. The molecule has 0 amide bonds. The summed E-state index contributed by atoms with van der Waals surface area (Å²) in [4.78, 5) is 9.16. The molecule has 3 rings (SSSR count). The van der Waals surface area contributed by atoms with Crippen LogP contribution in [0.3, 0.4) is 0 Å². The van der Waals surface area contributed by atoms with Crippen molar-refractivity contribution in [2.24, 2.45) is 10.9 Å². The third-order valence-electron chi connectivity index (χ3n) is 5.79. The second-order valence-electron chi connectivity index (χ2n) is 8.21. The minimum Gasteiger partial charge on any atom is -0.502 e. The average Bonchev–Trinajstić information content (AvgIpc) is 3.06. The molecule has 2 aromatic rings. The van der Waals surface area contributed by atoms with Gasteiger partial charge in [0.05, 0.1) is 38.4 Å². The molecule has 30 heavy (non-hydrogen) atoms. The van der Waals surface area contributed by atoms with Gasteiger partial charge in [0.25, 0.3) is 0 Å². The lowest BCUT2D eigenvalue weighted by Gasteiger charge is -2.22. The van der Waals surface area contributed by atoms with Crippen LogP contribution in [0.15, 0.2) is 29.3 Å². The highest BCUT2D eigenvalue weighted by Crippen LogP contribution is 2.58. The molecule has 0 radical (unpaired) electrons. The van der Waals surface area contributed by atoms with Crippen molar-refractivity contribution in [3.8, 4) is 17.2 Å². The topological polar surface area (TPSA) is 81.0 Å². The molecule has 1 aliphatic heterocycles. The van der Waals surface area contributed by atoms with Crippen LogP contribution in [-0.2, 0) is 11.0 Å². The van der Waals surface area contributed by atoms with Gasteiger partial charge in [0.15, 0.2) is 11.5 Å². The Morgan fingerprint density at radius 3 is 2.47 bits per heavy atom. The van der Waals surface area contributed by atoms with E-state index in [2.05, 4.69) is 16.9 Å². The molecule has 2 unspecified atom stereocenters. The number of rotatable bonds is 7. The summed E-state index contributed by atoms with van der Waals surface area (Å²) in [5.74, 6) is 1.11. The first-order valence-electron chi connectivity index (χ1n) is 10.3. The summed E-state index contributed by atoms with van der Waals surface area (Å²) in [5.41, 5.74) is 3.30. The summed E-state index contributed by atoms with van der Waals surface area (Å²) >= 11 is 0. The fourth-order valence-electron chi connectivity index (χ4n) is 4.08. The Hall–Kier alpha value is -2.33. The lowest BCUT2D eigenvalue weighted by Crippen LogP contribution is -2.16. The first-order chi connectivity index (χ1) is 14.3. The Balaban J connectivity index is 1.96. The molecule has 0 spiro atoms. The molecule has 0 bridgehead atoms. The zero-order valence-electron chi connectivity index (χ0n) is 18.4. The van der Waals surface area contributed by atoms with Crippen LogP contribution in [0, 0.1) is 19.8 Å². The Kier molecular flexibility index (Phi) is 6.87. The van der Waals surface area contributed by atoms with Crippen molar-refractivity contribution in [1.29, 1.82) is 0 Å². The first kappa shape index (κ1) is 22.4. The van der Waals surface area contributed by atoms with E-state index in [1.807, 2.05) is 32.2 Å². The molecule has 7 heteroatoms. The van der Waals surface area contributed by atoms with Gasteiger partial charge in [0.2, 0.25) is 5.75 Å². The molecule has 1 N–H and O–H groups in total. The van der Waals surface area contributed by atoms with Crippen molar-refractivity contribution in [2.45, 2.75) is 39.3 Å². The molecule has 1 aromatic heterocycles. The summed E-state index contributed by atoms with van der Waals surface area (Å²) in [5, 5.41) is 10.2. The predicted molar refractivity (Wildman–Crippen MR) is 122 cm³/mol. The maximum Gasteiger partial charge on any atom is 0.200 e. The monoisotopic (exact) mass is 430 g/mol. The van der Waals surface area contributed by atoms with E-state index in [9.17, 15) is 9.67 Å². The summed E-state index contributed by atoms with van der Waals surface area (Å²) in [6.45, 7) is 6.05. The van der Waals surface area contributed by atoms with Crippen molar-refractivity contribution in [1.82, 2.24) is 4.98 Å². The lowest BCUT2D eigenvalue weighted by atomic mass is 10.1. The number of phenols is 1. The number of hydrogen-bond donors (Lipinski definition) is 1. The van der Waals surface area contributed by atoms with Crippen molar-refractivity contribution >= 4 is 19.0 Å². The maximum absolute atomic E-state index is 13.8. The molecular formula is C23H31N2O4P. The summed E-state index contributed by atoms with van der Waals surface area (Å²) in [6.07, 6.45) is 4.85. The van der Waals surface area contributed by atoms with E-state index >= 15 is 0 Å². The van der Waals surface area contributed by atoms with Gasteiger partial charge in [-0.25, -0.2) is 0 Å². The number of phenolic OH excluding ortho intramolecular Hbond substituents is 1. The van der Waals surface area contributed by atoms with Crippen LogP contribution >= 0.6 is 7.14 Å². The number of ether oxygens (including phenoxy) is 2. The van der Waals surface area contributed by atoms with Gasteiger partial charge >= 0.3 is 0 Å². The molecule has 1 fully saturated rings. The van der Waals surface area contributed by atoms with Gasteiger partial charge in [-0.3, -0.25) is 9.98 Å².